The maximum atomic E-state index is 13.2. The SMILES string of the molecule is O=C(NC[C@@](O)(c1ccsc1)c1cccs1)C(=O)Nc1ccc(F)c(Cl)c1. The van der Waals surface area contributed by atoms with Crippen molar-refractivity contribution in [2.75, 3.05) is 11.9 Å². The van der Waals surface area contributed by atoms with Gasteiger partial charge in [-0.05, 0) is 46.5 Å². The van der Waals surface area contributed by atoms with Gasteiger partial charge in [0.05, 0.1) is 11.6 Å². The number of carbonyl (C=O) groups is 2. The molecule has 1 atom stereocenters. The number of carbonyl (C=O) groups excluding carboxylic acids is 2. The van der Waals surface area contributed by atoms with Gasteiger partial charge in [-0.25, -0.2) is 4.39 Å². The van der Waals surface area contributed by atoms with E-state index in [2.05, 4.69) is 10.6 Å². The Morgan fingerprint density at radius 1 is 1.19 bits per heavy atom. The molecule has 0 aliphatic rings. The van der Waals surface area contributed by atoms with E-state index >= 15 is 0 Å². The van der Waals surface area contributed by atoms with Crippen LogP contribution < -0.4 is 10.6 Å². The van der Waals surface area contributed by atoms with E-state index in [9.17, 15) is 19.1 Å². The molecule has 3 aromatic rings. The quantitative estimate of drug-likeness (QED) is 0.548. The van der Waals surface area contributed by atoms with Crippen LogP contribution in [0.2, 0.25) is 5.02 Å². The van der Waals surface area contributed by atoms with Crippen LogP contribution in [0.4, 0.5) is 10.1 Å². The Morgan fingerprint density at radius 3 is 2.63 bits per heavy atom. The summed E-state index contributed by atoms with van der Waals surface area (Å²) in [5.74, 6) is -2.51. The van der Waals surface area contributed by atoms with Crippen LogP contribution in [0.5, 0.6) is 0 Å². The third-order valence-electron chi connectivity index (χ3n) is 3.82. The molecule has 0 spiro atoms. The number of amides is 2. The molecule has 27 heavy (non-hydrogen) atoms. The molecule has 2 amide bonds. The minimum Gasteiger partial charge on any atom is -0.378 e. The Balaban J connectivity index is 1.69. The summed E-state index contributed by atoms with van der Waals surface area (Å²) in [5.41, 5.74) is -0.627. The molecule has 140 valence electrons. The Hall–Kier alpha value is -2.26. The Labute approximate surface area is 167 Å². The lowest BCUT2D eigenvalue weighted by Gasteiger charge is -2.26. The molecule has 3 rings (SSSR count). The third kappa shape index (κ3) is 4.36. The summed E-state index contributed by atoms with van der Waals surface area (Å²) < 4.78 is 13.2. The molecule has 2 heterocycles. The molecule has 2 aromatic heterocycles. The first kappa shape index (κ1) is 19.5. The largest absolute Gasteiger partial charge is 0.378 e. The van der Waals surface area contributed by atoms with Crippen LogP contribution in [0.1, 0.15) is 10.4 Å². The van der Waals surface area contributed by atoms with Crippen LogP contribution in [0.25, 0.3) is 0 Å². The molecular weight excluding hydrogens is 411 g/mol. The highest BCUT2D eigenvalue weighted by molar-refractivity contribution is 7.10. The maximum absolute atomic E-state index is 13.2. The van der Waals surface area contributed by atoms with E-state index in [1.807, 2.05) is 10.8 Å². The standard InChI is InChI=1S/C18H14ClFN2O3S2/c19-13-8-12(3-4-14(13)20)22-17(24)16(23)21-10-18(25,11-5-7-26-9-11)15-2-1-6-27-15/h1-9,25H,10H2,(H,21,23)(H,22,24)/t18-/m1/s1. The predicted octanol–water partition coefficient (Wildman–Crippen LogP) is 3.59. The van der Waals surface area contributed by atoms with Gasteiger partial charge in [0.1, 0.15) is 11.4 Å². The molecule has 5 nitrogen and oxygen atoms in total. The summed E-state index contributed by atoms with van der Waals surface area (Å²) in [7, 11) is 0. The molecule has 0 bridgehead atoms. The zero-order valence-electron chi connectivity index (χ0n) is 13.7. The lowest BCUT2D eigenvalue weighted by molar-refractivity contribution is -0.136. The maximum Gasteiger partial charge on any atom is 0.313 e. The van der Waals surface area contributed by atoms with Crippen LogP contribution in [0, 0.1) is 5.82 Å². The van der Waals surface area contributed by atoms with Gasteiger partial charge in [-0.2, -0.15) is 11.3 Å². The van der Waals surface area contributed by atoms with Crippen molar-refractivity contribution in [3.8, 4) is 0 Å². The summed E-state index contributed by atoms with van der Waals surface area (Å²) in [5, 5.41) is 21.2. The Kier molecular flexibility index (Phi) is 5.91. The lowest BCUT2D eigenvalue weighted by atomic mass is 9.94. The number of benzene rings is 1. The summed E-state index contributed by atoms with van der Waals surface area (Å²) in [6.45, 7) is -0.180. The van der Waals surface area contributed by atoms with Crippen LogP contribution in [-0.4, -0.2) is 23.5 Å². The van der Waals surface area contributed by atoms with Crippen molar-refractivity contribution >= 4 is 51.8 Å². The van der Waals surface area contributed by atoms with Crippen LogP contribution in [0.15, 0.2) is 52.5 Å². The van der Waals surface area contributed by atoms with Crippen molar-refractivity contribution in [1.82, 2.24) is 5.32 Å². The van der Waals surface area contributed by atoms with Gasteiger partial charge in [-0.3, -0.25) is 9.59 Å². The second-order valence-corrected chi connectivity index (χ2v) is 7.75. The van der Waals surface area contributed by atoms with Gasteiger partial charge in [0.25, 0.3) is 0 Å². The zero-order valence-corrected chi connectivity index (χ0v) is 16.1. The first-order chi connectivity index (χ1) is 12.9. The number of thiophene rings is 2. The summed E-state index contributed by atoms with van der Waals surface area (Å²) in [4.78, 5) is 24.9. The van der Waals surface area contributed by atoms with Gasteiger partial charge >= 0.3 is 11.8 Å². The van der Waals surface area contributed by atoms with Crippen LogP contribution >= 0.6 is 34.3 Å². The van der Waals surface area contributed by atoms with E-state index in [-0.39, 0.29) is 17.3 Å². The van der Waals surface area contributed by atoms with Gasteiger partial charge in [0.15, 0.2) is 0 Å². The topological polar surface area (TPSA) is 78.4 Å². The van der Waals surface area contributed by atoms with Crippen molar-refractivity contribution in [3.05, 3.63) is 73.8 Å². The average Bonchev–Trinajstić information content (AvgIpc) is 3.36. The minimum atomic E-state index is -1.44. The highest BCUT2D eigenvalue weighted by atomic mass is 35.5. The van der Waals surface area contributed by atoms with Crippen LogP contribution in [-0.2, 0) is 15.2 Å². The second-order valence-electron chi connectivity index (χ2n) is 5.62. The third-order valence-corrected chi connectivity index (χ3v) is 5.81. The number of rotatable bonds is 5. The van der Waals surface area contributed by atoms with Gasteiger partial charge in [0.2, 0.25) is 0 Å². The van der Waals surface area contributed by atoms with Gasteiger partial charge in [-0.15, -0.1) is 11.3 Å². The molecule has 0 fully saturated rings. The minimum absolute atomic E-state index is 0.169. The molecule has 0 saturated carbocycles. The zero-order chi connectivity index (χ0) is 19.4. The molecule has 3 N–H and O–H groups in total. The molecule has 0 aliphatic carbocycles. The fourth-order valence-electron chi connectivity index (χ4n) is 2.40. The van der Waals surface area contributed by atoms with Gasteiger partial charge in [-0.1, -0.05) is 17.7 Å². The van der Waals surface area contributed by atoms with E-state index in [1.165, 1.54) is 34.8 Å². The smallest absolute Gasteiger partial charge is 0.313 e. The Morgan fingerprint density at radius 2 is 2.00 bits per heavy atom. The number of hydrogen-bond donors (Lipinski definition) is 3. The molecule has 0 aliphatic heterocycles. The fraction of sp³-hybridized carbons (Fsp3) is 0.111. The molecule has 1 aromatic carbocycles. The van der Waals surface area contributed by atoms with E-state index in [0.717, 1.165) is 6.07 Å². The number of anilines is 1. The predicted molar refractivity (Wildman–Crippen MR) is 105 cm³/mol. The van der Waals surface area contributed by atoms with Crippen molar-refractivity contribution in [1.29, 1.82) is 0 Å². The van der Waals surface area contributed by atoms with Crippen molar-refractivity contribution in [3.63, 3.8) is 0 Å². The van der Waals surface area contributed by atoms with E-state index in [4.69, 9.17) is 11.6 Å². The number of nitrogens with one attached hydrogen (secondary N) is 2. The average molecular weight is 425 g/mol. The first-order valence-corrected chi connectivity index (χ1v) is 9.93. The highest BCUT2D eigenvalue weighted by Gasteiger charge is 2.34. The van der Waals surface area contributed by atoms with Crippen LogP contribution in [0.3, 0.4) is 0 Å². The molecule has 0 radical (unpaired) electrons. The molecule has 0 saturated heterocycles. The summed E-state index contributed by atoms with van der Waals surface area (Å²) in [6, 6.07) is 8.90. The van der Waals surface area contributed by atoms with Gasteiger partial charge < -0.3 is 15.7 Å². The second kappa shape index (κ2) is 8.18. The molecule has 0 unspecified atom stereocenters. The first-order valence-electron chi connectivity index (χ1n) is 7.73. The van der Waals surface area contributed by atoms with E-state index in [0.29, 0.717) is 10.4 Å². The van der Waals surface area contributed by atoms with E-state index in [1.54, 1.807) is 23.6 Å². The summed E-state index contributed by atoms with van der Waals surface area (Å²) in [6.07, 6.45) is 0. The van der Waals surface area contributed by atoms with Gasteiger partial charge in [0, 0.05) is 16.1 Å². The fourth-order valence-corrected chi connectivity index (χ4v) is 4.15. The summed E-state index contributed by atoms with van der Waals surface area (Å²) >= 11 is 8.42. The lowest BCUT2D eigenvalue weighted by Crippen LogP contribution is -2.44. The molecule has 9 heteroatoms. The van der Waals surface area contributed by atoms with E-state index < -0.39 is 23.2 Å². The number of halogens is 2. The monoisotopic (exact) mass is 424 g/mol. The molecular formula is C18H14ClFN2O3S2. The normalized spacial score (nSPS) is 13.0. The number of aliphatic hydroxyl groups is 1. The van der Waals surface area contributed by atoms with Crippen molar-refractivity contribution < 1.29 is 19.1 Å². The van der Waals surface area contributed by atoms with Crippen molar-refractivity contribution in [2.45, 2.75) is 5.60 Å². The van der Waals surface area contributed by atoms with Crippen molar-refractivity contribution in [2.24, 2.45) is 0 Å². The highest BCUT2D eigenvalue weighted by Crippen LogP contribution is 2.33. The Bertz CT molecular complexity index is 911. The number of hydrogen-bond acceptors (Lipinski definition) is 5.